The van der Waals surface area contributed by atoms with Crippen molar-refractivity contribution in [1.29, 1.82) is 0 Å². The first-order valence-electron chi connectivity index (χ1n) is 8.12. The fourth-order valence-corrected chi connectivity index (χ4v) is 2.78. The first-order valence-corrected chi connectivity index (χ1v) is 8.12. The number of aromatic nitrogens is 1. The monoisotopic (exact) mass is 331 g/mol. The fourth-order valence-electron chi connectivity index (χ4n) is 2.78. The van der Waals surface area contributed by atoms with E-state index in [2.05, 4.69) is 10.3 Å². The van der Waals surface area contributed by atoms with E-state index in [0.29, 0.717) is 12.1 Å². The van der Waals surface area contributed by atoms with E-state index < -0.39 is 5.97 Å². The van der Waals surface area contributed by atoms with Crippen LogP contribution in [0.3, 0.4) is 0 Å². The molecule has 0 saturated carbocycles. The summed E-state index contributed by atoms with van der Waals surface area (Å²) in [5, 5.41) is 14.9. The average Bonchev–Trinajstić information content (AvgIpc) is 2.61. The minimum Gasteiger partial charge on any atom is -0.545 e. The van der Waals surface area contributed by atoms with Gasteiger partial charge in [-0.3, -0.25) is 4.98 Å². The lowest BCUT2D eigenvalue weighted by Crippen LogP contribution is -2.24. The van der Waals surface area contributed by atoms with Crippen LogP contribution in [0.15, 0.2) is 60.8 Å². The van der Waals surface area contributed by atoms with Crippen LogP contribution in [-0.2, 0) is 6.42 Å². The molecule has 4 heteroatoms. The van der Waals surface area contributed by atoms with Gasteiger partial charge in [0.1, 0.15) is 0 Å². The van der Waals surface area contributed by atoms with Gasteiger partial charge in [-0.05, 0) is 48.7 Å². The summed E-state index contributed by atoms with van der Waals surface area (Å²) in [4.78, 5) is 15.9. The highest BCUT2D eigenvalue weighted by molar-refractivity contribution is 5.95. The van der Waals surface area contributed by atoms with Crippen molar-refractivity contribution in [2.75, 3.05) is 5.32 Å². The van der Waals surface area contributed by atoms with Crippen LogP contribution in [0.25, 0.3) is 0 Å². The molecule has 0 aliphatic rings. The molecular formula is C21H19N2O2-. The summed E-state index contributed by atoms with van der Waals surface area (Å²) < 4.78 is 0. The number of carbonyl (C=O) groups excluding carboxylic acids is 1. The lowest BCUT2D eigenvalue weighted by atomic mass is 10.0. The van der Waals surface area contributed by atoms with Gasteiger partial charge in [0.15, 0.2) is 0 Å². The Bertz CT molecular complexity index is 905. The van der Waals surface area contributed by atoms with Gasteiger partial charge in [-0.1, -0.05) is 36.4 Å². The highest BCUT2D eigenvalue weighted by atomic mass is 16.4. The van der Waals surface area contributed by atoms with Gasteiger partial charge in [0.05, 0.1) is 11.7 Å². The molecule has 0 bridgehead atoms. The molecule has 126 valence electrons. The van der Waals surface area contributed by atoms with Crippen LogP contribution < -0.4 is 10.4 Å². The molecule has 0 fully saturated rings. The van der Waals surface area contributed by atoms with E-state index in [1.54, 1.807) is 18.3 Å². The van der Waals surface area contributed by atoms with Crippen molar-refractivity contribution in [1.82, 2.24) is 4.98 Å². The first kappa shape index (κ1) is 16.7. The highest BCUT2D eigenvalue weighted by Crippen LogP contribution is 2.29. The van der Waals surface area contributed by atoms with E-state index in [0.717, 1.165) is 28.1 Å². The highest BCUT2D eigenvalue weighted by Gasteiger charge is 2.12. The lowest BCUT2D eigenvalue weighted by Gasteiger charge is -2.19. The molecule has 25 heavy (non-hydrogen) atoms. The Hall–Kier alpha value is -3.14. The second-order valence-electron chi connectivity index (χ2n) is 6.00. The molecule has 0 aliphatic carbocycles. The Balaban J connectivity index is 2.06. The molecule has 0 atom stereocenters. The molecule has 1 N–H and O–H groups in total. The summed E-state index contributed by atoms with van der Waals surface area (Å²) in [5.41, 5.74) is 5.55. The van der Waals surface area contributed by atoms with Crippen LogP contribution in [-0.4, -0.2) is 11.0 Å². The van der Waals surface area contributed by atoms with Crippen LogP contribution in [0, 0.1) is 13.8 Å². The summed E-state index contributed by atoms with van der Waals surface area (Å²) in [6.45, 7) is 4.04. The molecule has 0 radical (unpaired) electrons. The van der Waals surface area contributed by atoms with E-state index in [-0.39, 0.29) is 5.56 Å². The standard InChI is InChI=1S/C21H20N2O2/c1-14-7-5-11-19(15(14)2)23-20-16(8-6-10-18(20)21(24)25)13-17-9-3-4-12-22-17/h3-12,23H,13H2,1-2H3,(H,24,25)/p-1. The van der Waals surface area contributed by atoms with Crippen LogP contribution >= 0.6 is 0 Å². The zero-order valence-corrected chi connectivity index (χ0v) is 14.2. The lowest BCUT2D eigenvalue weighted by molar-refractivity contribution is -0.254. The Kier molecular flexibility index (Phi) is 4.80. The quantitative estimate of drug-likeness (QED) is 0.778. The second kappa shape index (κ2) is 7.18. The third kappa shape index (κ3) is 3.69. The average molecular weight is 331 g/mol. The number of hydrogen-bond donors (Lipinski definition) is 1. The number of aryl methyl sites for hydroxylation is 1. The number of benzene rings is 2. The molecular weight excluding hydrogens is 312 g/mol. The summed E-state index contributed by atoms with van der Waals surface area (Å²) in [5.74, 6) is -1.20. The van der Waals surface area contributed by atoms with Crippen molar-refractivity contribution in [3.05, 3.63) is 88.7 Å². The van der Waals surface area contributed by atoms with Gasteiger partial charge in [0, 0.05) is 29.6 Å². The third-order valence-corrected chi connectivity index (χ3v) is 4.33. The normalized spacial score (nSPS) is 10.5. The van der Waals surface area contributed by atoms with Crippen LogP contribution in [0.2, 0.25) is 0 Å². The van der Waals surface area contributed by atoms with Gasteiger partial charge in [0.2, 0.25) is 0 Å². The number of nitrogens with zero attached hydrogens (tertiary/aromatic N) is 1. The summed E-state index contributed by atoms with van der Waals surface area (Å²) in [7, 11) is 0. The van der Waals surface area contributed by atoms with E-state index in [1.807, 2.05) is 56.3 Å². The Morgan fingerprint density at radius 2 is 1.84 bits per heavy atom. The Morgan fingerprint density at radius 1 is 1.04 bits per heavy atom. The van der Waals surface area contributed by atoms with Gasteiger partial charge in [-0.2, -0.15) is 0 Å². The van der Waals surface area contributed by atoms with Crippen molar-refractivity contribution in [3.8, 4) is 0 Å². The van der Waals surface area contributed by atoms with E-state index in [4.69, 9.17) is 0 Å². The number of nitrogens with one attached hydrogen (secondary N) is 1. The molecule has 3 aromatic rings. The summed E-state index contributed by atoms with van der Waals surface area (Å²) in [6.07, 6.45) is 2.27. The van der Waals surface area contributed by atoms with Crippen molar-refractivity contribution in [2.45, 2.75) is 20.3 Å². The van der Waals surface area contributed by atoms with Crippen LogP contribution in [0.1, 0.15) is 32.7 Å². The number of pyridine rings is 1. The molecule has 0 saturated heterocycles. The molecule has 4 nitrogen and oxygen atoms in total. The van der Waals surface area contributed by atoms with Crippen molar-refractivity contribution >= 4 is 17.3 Å². The number of para-hydroxylation sites is 1. The number of hydrogen-bond acceptors (Lipinski definition) is 4. The largest absolute Gasteiger partial charge is 0.545 e. The van der Waals surface area contributed by atoms with Crippen molar-refractivity contribution < 1.29 is 9.90 Å². The summed E-state index contributed by atoms with van der Waals surface area (Å²) in [6, 6.07) is 16.8. The molecule has 0 aliphatic heterocycles. The molecule has 1 heterocycles. The number of rotatable bonds is 5. The molecule has 0 spiro atoms. The van der Waals surface area contributed by atoms with E-state index in [1.165, 1.54) is 0 Å². The van der Waals surface area contributed by atoms with Crippen LogP contribution in [0.4, 0.5) is 11.4 Å². The van der Waals surface area contributed by atoms with Gasteiger partial charge in [-0.15, -0.1) is 0 Å². The van der Waals surface area contributed by atoms with Gasteiger partial charge in [0.25, 0.3) is 0 Å². The molecule has 1 aromatic heterocycles. The Morgan fingerprint density at radius 3 is 2.56 bits per heavy atom. The summed E-state index contributed by atoms with van der Waals surface area (Å²) >= 11 is 0. The molecule has 0 amide bonds. The maximum absolute atomic E-state index is 11.6. The van der Waals surface area contributed by atoms with Crippen molar-refractivity contribution in [3.63, 3.8) is 0 Å². The fraction of sp³-hybridized carbons (Fsp3) is 0.143. The zero-order valence-electron chi connectivity index (χ0n) is 14.2. The van der Waals surface area contributed by atoms with Gasteiger partial charge in [-0.25, -0.2) is 0 Å². The third-order valence-electron chi connectivity index (χ3n) is 4.33. The maximum Gasteiger partial charge on any atom is 0.0736 e. The van der Waals surface area contributed by atoms with Crippen LogP contribution in [0.5, 0.6) is 0 Å². The minimum atomic E-state index is -1.20. The predicted octanol–water partition coefficient (Wildman–Crippen LogP) is 3.40. The second-order valence-corrected chi connectivity index (χ2v) is 6.00. The maximum atomic E-state index is 11.6. The number of carboxylic acid groups (broad SMARTS) is 1. The van der Waals surface area contributed by atoms with E-state index >= 15 is 0 Å². The van der Waals surface area contributed by atoms with Gasteiger partial charge < -0.3 is 15.2 Å². The molecule has 2 aromatic carbocycles. The topological polar surface area (TPSA) is 65.0 Å². The van der Waals surface area contributed by atoms with E-state index in [9.17, 15) is 9.90 Å². The number of carbonyl (C=O) groups is 1. The predicted molar refractivity (Wildman–Crippen MR) is 97.0 cm³/mol. The van der Waals surface area contributed by atoms with Gasteiger partial charge >= 0.3 is 0 Å². The molecule has 3 rings (SSSR count). The van der Waals surface area contributed by atoms with Crippen molar-refractivity contribution in [2.24, 2.45) is 0 Å². The number of aromatic carboxylic acids is 1. The Labute approximate surface area is 147 Å². The number of anilines is 2. The SMILES string of the molecule is Cc1cccc(Nc2c(Cc3ccccn3)cccc2C(=O)[O-])c1C. The number of carboxylic acids is 1. The zero-order chi connectivity index (χ0) is 17.8. The molecule has 0 unspecified atom stereocenters. The first-order chi connectivity index (χ1) is 12.1. The minimum absolute atomic E-state index is 0.148. The smallest absolute Gasteiger partial charge is 0.0736 e.